The van der Waals surface area contributed by atoms with Gasteiger partial charge in [0.15, 0.2) is 11.0 Å². The third-order valence-electron chi connectivity index (χ3n) is 5.29. The summed E-state index contributed by atoms with van der Waals surface area (Å²) in [5.74, 6) is 0.681. The first-order chi connectivity index (χ1) is 15.3. The zero-order valence-electron chi connectivity index (χ0n) is 18.0. The summed E-state index contributed by atoms with van der Waals surface area (Å²) in [5, 5.41) is 3.68. The van der Waals surface area contributed by atoms with E-state index in [9.17, 15) is 9.59 Å². The van der Waals surface area contributed by atoms with E-state index < -0.39 is 5.92 Å². The molecule has 3 aromatic rings. The molecule has 1 N–H and O–H groups in total. The predicted molar refractivity (Wildman–Crippen MR) is 123 cm³/mol. The maximum atomic E-state index is 12.9. The molecule has 2 amide bonds. The van der Waals surface area contributed by atoms with Crippen molar-refractivity contribution in [3.63, 3.8) is 0 Å². The minimum atomic E-state index is -0.533. The number of methoxy groups -OCH3 is 2. The quantitative estimate of drug-likeness (QED) is 0.585. The summed E-state index contributed by atoms with van der Waals surface area (Å²) in [5.41, 5.74) is 1.28. The van der Waals surface area contributed by atoms with Crippen LogP contribution in [0.3, 0.4) is 0 Å². The summed E-state index contributed by atoms with van der Waals surface area (Å²) in [7, 11) is 4.90. The molecule has 1 saturated heterocycles. The van der Waals surface area contributed by atoms with Crippen molar-refractivity contribution in [2.75, 3.05) is 31.0 Å². The number of carbonyl (C=O) groups is 2. The second-order valence-electron chi connectivity index (χ2n) is 7.35. The van der Waals surface area contributed by atoms with Crippen molar-refractivity contribution in [2.24, 2.45) is 13.0 Å². The molecule has 0 unspecified atom stereocenters. The maximum absolute atomic E-state index is 12.9. The molecule has 168 valence electrons. The number of benzene rings is 1. The first kappa shape index (κ1) is 22.1. The van der Waals surface area contributed by atoms with Crippen molar-refractivity contribution in [2.45, 2.75) is 13.3 Å². The van der Waals surface area contributed by atoms with Crippen LogP contribution in [0.15, 0.2) is 24.5 Å². The molecule has 0 saturated carbocycles. The summed E-state index contributed by atoms with van der Waals surface area (Å²) in [6, 6.07) is 3.23. The average Bonchev–Trinajstić information content (AvgIpc) is 3.46. The number of thiazole rings is 1. The van der Waals surface area contributed by atoms with E-state index in [1.165, 1.54) is 30.5 Å². The third kappa shape index (κ3) is 4.03. The number of amides is 2. The van der Waals surface area contributed by atoms with Crippen LogP contribution in [0, 0.1) is 12.8 Å². The largest absolute Gasteiger partial charge is 0.495 e. The Bertz CT molecular complexity index is 1190. The summed E-state index contributed by atoms with van der Waals surface area (Å²) >= 11 is 7.60. The van der Waals surface area contributed by atoms with E-state index in [1.807, 2.05) is 24.7 Å². The fourth-order valence-electron chi connectivity index (χ4n) is 3.62. The highest BCUT2D eigenvalue weighted by Gasteiger charge is 2.37. The molecule has 2 aromatic heterocycles. The fourth-order valence-corrected chi connectivity index (χ4v) is 4.86. The Morgan fingerprint density at radius 3 is 2.69 bits per heavy atom. The second kappa shape index (κ2) is 8.79. The van der Waals surface area contributed by atoms with Crippen LogP contribution < -0.4 is 19.7 Å². The molecule has 1 fully saturated rings. The minimum Gasteiger partial charge on any atom is -0.495 e. The van der Waals surface area contributed by atoms with E-state index in [2.05, 4.69) is 15.3 Å². The highest BCUT2D eigenvalue weighted by Crippen LogP contribution is 2.40. The lowest BCUT2D eigenvalue weighted by Crippen LogP contribution is -2.28. The van der Waals surface area contributed by atoms with Gasteiger partial charge >= 0.3 is 0 Å². The van der Waals surface area contributed by atoms with Gasteiger partial charge in [-0.3, -0.25) is 9.59 Å². The van der Waals surface area contributed by atoms with Crippen molar-refractivity contribution in [3.05, 3.63) is 35.2 Å². The van der Waals surface area contributed by atoms with E-state index >= 15 is 0 Å². The average molecular weight is 476 g/mol. The number of hydrogen-bond acceptors (Lipinski definition) is 7. The molecule has 11 heteroatoms. The molecule has 1 aliphatic heterocycles. The molecular weight excluding hydrogens is 454 g/mol. The smallest absolute Gasteiger partial charge is 0.231 e. The van der Waals surface area contributed by atoms with Gasteiger partial charge in [0, 0.05) is 38.5 Å². The van der Waals surface area contributed by atoms with Gasteiger partial charge < -0.3 is 24.3 Å². The van der Waals surface area contributed by atoms with Crippen LogP contribution in [-0.2, 0) is 16.6 Å². The summed E-state index contributed by atoms with van der Waals surface area (Å²) in [6.45, 7) is 2.08. The van der Waals surface area contributed by atoms with Crippen LogP contribution >= 0.6 is 22.9 Å². The molecule has 4 rings (SSSR count). The number of anilines is 2. The molecular formula is C21H22ClN5O4S. The third-order valence-corrected chi connectivity index (χ3v) is 6.66. The van der Waals surface area contributed by atoms with Gasteiger partial charge in [-0.2, -0.15) is 0 Å². The summed E-state index contributed by atoms with van der Waals surface area (Å²) in [4.78, 5) is 36.8. The van der Waals surface area contributed by atoms with Crippen molar-refractivity contribution >= 4 is 45.6 Å². The summed E-state index contributed by atoms with van der Waals surface area (Å²) < 4.78 is 12.5. The van der Waals surface area contributed by atoms with Gasteiger partial charge in [0.25, 0.3) is 0 Å². The highest BCUT2D eigenvalue weighted by atomic mass is 35.5. The van der Waals surface area contributed by atoms with Gasteiger partial charge in [-0.1, -0.05) is 22.9 Å². The molecule has 1 aromatic carbocycles. The lowest BCUT2D eigenvalue weighted by molar-refractivity contribution is -0.122. The molecule has 1 aliphatic rings. The van der Waals surface area contributed by atoms with Crippen LogP contribution in [0.4, 0.5) is 10.8 Å². The van der Waals surface area contributed by atoms with Crippen LogP contribution in [-0.4, -0.2) is 47.1 Å². The minimum absolute atomic E-state index is 0.0786. The van der Waals surface area contributed by atoms with Gasteiger partial charge in [-0.25, -0.2) is 9.97 Å². The van der Waals surface area contributed by atoms with Gasteiger partial charge in [-0.05, 0) is 13.0 Å². The zero-order chi connectivity index (χ0) is 23.0. The van der Waals surface area contributed by atoms with E-state index in [-0.39, 0.29) is 24.8 Å². The maximum Gasteiger partial charge on any atom is 0.231 e. The van der Waals surface area contributed by atoms with Gasteiger partial charge in [0.2, 0.25) is 11.8 Å². The van der Waals surface area contributed by atoms with Crippen LogP contribution in [0.2, 0.25) is 5.02 Å². The Balaban J connectivity index is 1.51. The Labute approximate surface area is 193 Å². The normalized spacial score (nSPS) is 15.8. The Morgan fingerprint density at radius 2 is 2.03 bits per heavy atom. The van der Waals surface area contributed by atoms with Gasteiger partial charge in [0.1, 0.15) is 11.5 Å². The zero-order valence-corrected chi connectivity index (χ0v) is 19.6. The summed E-state index contributed by atoms with van der Waals surface area (Å²) in [6.07, 6.45) is 3.64. The van der Waals surface area contributed by atoms with Crippen LogP contribution in [0.5, 0.6) is 11.5 Å². The second-order valence-corrected chi connectivity index (χ2v) is 8.75. The number of carbonyl (C=O) groups excluding carboxylic acids is 2. The van der Waals surface area contributed by atoms with Crippen molar-refractivity contribution in [3.8, 4) is 22.2 Å². The van der Waals surface area contributed by atoms with E-state index in [0.29, 0.717) is 27.3 Å². The number of rotatable bonds is 6. The molecule has 0 radical (unpaired) electrons. The molecule has 9 nitrogen and oxygen atoms in total. The Morgan fingerprint density at radius 1 is 1.28 bits per heavy atom. The van der Waals surface area contributed by atoms with Crippen LogP contribution in [0.25, 0.3) is 10.7 Å². The topological polar surface area (TPSA) is 98.6 Å². The Hall–Kier alpha value is -3.11. The lowest BCUT2D eigenvalue weighted by Gasteiger charge is -2.20. The highest BCUT2D eigenvalue weighted by molar-refractivity contribution is 7.19. The molecule has 3 heterocycles. The molecule has 0 bridgehead atoms. The number of imidazole rings is 1. The molecule has 1 atom stereocenters. The number of nitrogens with one attached hydrogen (secondary N) is 1. The standard InChI is InChI=1S/C21H22ClN5O4S/c1-11-18(19-23-5-6-26(19)2)32-21(24-11)25-20(29)12-7-17(28)27(10-12)14-8-13(22)15(30-3)9-16(14)31-4/h5-6,8-9,12H,7,10H2,1-4H3,(H,24,25,29)/t12-/m1/s1. The van der Waals surface area contributed by atoms with E-state index in [0.717, 1.165) is 16.4 Å². The SMILES string of the molecule is COc1cc(OC)c(N2C[C@H](C(=O)Nc3nc(C)c(-c4nccn4C)s3)CC2=O)cc1Cl. The van der Waals surface area contributed by atoms with Gasteiger partial charge in [-0.15, -0.1) is 0 Å². The van der Waals surface area contributed by atoms with Gasteiger partial charge in [0.05, 0.1) is 41.4 Å². The first-order valence-electron chi connectivity index (χ1n) is 9.80. The van der Waals surface area contributed by atoms with Crippen LogP contribution in [0.1, 0.15) is 12.1 Å². The molecule has 0 spiro atoms. The molecule has 32 heavy (non-hydrogen) atoms. The fraction of sp³-hybridized carbons (Fsp3) is 0.333. The monoisotopic (exact) mass is 475 g/mol. The number of ether oxygens (including phenoxy) is 2. The van der Waals surface area contributed by atoms with Crippen molar-refractivity contribution in [1.29, 1.82) is 0 Å². The van der Waals surface area contributed by atoms with E-state index in [1.54, 1.807) is 18.3 Å². The van der Waals surface area contributed by atoms with E-state index in [4.69, 9.17) is 21.1 Å². The predicted octanol–water partition coefficient (Wildman–Crippen LogP) is 3.51. The number of aromatic nitrogens is 3. The molecule has 0 aliphatic carbocycles. The first-order valence-corrected chi connectivity index (χ1v) is 11.0. The Kier molecular flexibility index (Phi) is 6.07. The lowest BCUT2D eigenvalue weighted by atomic mass is 10.1. The number of hydrogen-bond donors (Lipinski definition) is 1. The number of aryl methyl sites for hydroxylation is 2. The number of nitrogens with zero attached hydrogens (tertiary/aromatic N) is 4. The van der Waals surface area contributed by atoms with Crippen molar-refractivity contribution in [1.82, 2.24) is 14.5 Å². The number of halogens is 1. The van der Waals surface area contributed by atoms with Crippen molar-refractivity contribution < 1.29 is 19.1 Å².